The lowest BCUT2D eigenvalue weighted by molar-refractivity contribution is 0.110. The van der Waals surface area contributed by atoms with E-state index in [1.165, 1.54) is 25.7 Å². The fourth-order valence-electron chi connectivity index (χ4n) is 2.80. The van der Waals surface area contributed by atoms with Gasteiger partial charge in [0.15, 0.2) is 0 Å². The maximum Gasteiger partial charge on any atom is 0.0494 e. The van der Waals surface area contributed by atoms with E-state index < -0.39 is 0 Å². The summed E-state index contributed by atoms with van der Waals surface area (Å²) in [6.07, 6.45) is 5.74. The van der Waals surface area contributed by atoms with E-state index in [0.717, 1.165) is 31.0 Å². The summed E-state index contributed by atoms with van der Waals surface area (Å²) in [7, 11) is 0. The van der Waals surface area contributed by atoms with Crippen molar-refractivity contribution in [2.45, 2.75) is 32.6 Å². The summed E-state index contributed by atoms with van der Waals surface area (Å²) in [5.41, 5.74) is 0. The Morgan fingerprint density at radius 2 is 2.09 bits per heavy atom. The van der Waals surface area contributed by atoms with Crippen molar-refractivity contribution in [3.8, 4) is 0 Å². The van der Waals surface area contributed by atoms with Crippen molar-refractivity contribution < 1.29 is 4.74 Å². The molecule has 1 heteroatoms. The van der Waals surface area contributed by atoms with Crippen LogP contribution in [-0.4, -0.2) is 13.2 Å². The second kappa shape index (κ2) is 3.14. The highest BCUT2D eigenvalue weighted by molar-refractivity contribution is 4.82. The minimum Gasteiger partial charge on any atom is -0.381 e. The molecular weight excluding hydrogens is 136 g/mol. The largest absolute Gasteiger partial charge is 0.381 e. The summed E-state index contributed by atoms with van der Waals surface area (Å²) in [6.45, 7) is 4.39. The van der Waals surface area contributed by atoms with Gasteiger partial charge in [-0.1, -0.05) is 19.8 Å². The molecule has 0 spiro atoms. The molecular formula is C10H18O. The Balaban J connectivity index is 2.03. The summed E-state index contributed by atoms with van der Waals surface area (Å²) in [5, 5.41) is 0. The Morgan fingerprint density at radius 1 is 1.18 bits per heavy atom. The van der Waals surface area contributed by atoms with Crippen molar-refractivity contribution in [3.05, 3.63) is 0 Å². The molecule has 3 atom stereocenters. The molecule has 0 aromatic rings. The topological polar surface area (TPSA) is 9.23 Å². The fraction of sp³-hybridized carbons (Fsp3) is 1.00. The number of hydrogen-bond donors (Lipinski definition) is 0. The second-order valence-corrected chi connectivity index (χ2v) is 4.20. The monoisotopic (exact) mass is 154 g/mol. The molecule has 2 aliphatic rings. The van der Waals surface area contributed by atoms with E-state index in [1.54, 1.807) is 0 Å². The zero-order valence-corrected chi connectivity index (χ0v) is 7.38. The van der Waals surface area contributed by atoms with Crippen LogP contribution in [-0.2, 0) is 4.74 Å². The van der Waals surface area contributed by atoms with Gasteiger partial charge in [-0.05, 0) is 30.6 Å². The highest BCUT2D eigenvalue weighted by atomic mass is 16.5. The maximum atomic E-state index is 5.54. The van der Waals surface area contributed by atoms with Gasteiger partial charge in [0.25, 0.3) is 0 Å². The Bertz CT molecular complexity index is 133. The van der Waals surface area contributed by atoms with Gasteiger partial charge in [-0.15, -0.1) is 0 Å². The summed E-state index contributed by atoms with van der Waals surface area (Å²) in [6, 6.07) is 0. The third-order valence-corrected chi connectivity index (χ3v) is 3.46. The molecule has 0 amide bonds. The van der Waals surface area contributed by atoms with E-state index in [9.17, 15) is 0 Å². The third-order valence-electron chi connectivity index (χ3n) is 3.46. The first-order chi connectivity index (χ1) is 5.38. The van der Waals surface area contributed by atoms with Crippen molar-refractivity contribution in [1.29, 1.82) is 0 Å². The van der Waals surface area contributed by atoms with Gasteiger partial charge in [-0.25, -0.2) is 0 Å². The van der Waals surface area contributed by atoms with Gasteiger partial charge < -0.3 is 4.74 Å². The first-order valence-corrected chi connectivity index (χ1v) is 4.95. The van der Waals surface area contributed by atoms with Gasteiger partial charge in [0, 0.05) is 13.2 Å². The lowest BCUT2D eigenvalue weighted by Crippen LogP contribution is -2.16. The third kappa shape index (κ3) is 1.44. The van der Waals surface area contributed by atoms with Crippen LogP contribution in [0.2, 0.25) is 0 Å². The first kappa shape index (κ1) is 7.60. The van der Waals surface area contributed by atoms with Crippen LogP contribution in [0.4, 0.5) is 0 Å². The molecule has 0 bridgehead atoms. The fourth-order valence-corrected chi connectivity index (χ4v) is 2.80. The highest BCUT2D eigenvalue weighted by Crippen LogP contribution is 2.40. The lowest BCUT2D eigenvalue weighted by atomic mass is 9.85. The quantitative estimate of drug-likeness (QED) is 0.521. The van der Waals surface area contributed by atoms with Crippen molar-refractivity contribution in [2.24, 2.45) is 17.8 Å². The molecule has 11 heavy (non-hydrogen) atoms. The van der Waals surface area contributed by atoms with Gasteiger partial charge >= 0.3 is 0 Å². The minimum atomic E-state index is 0.824. The number of ether oxygens (including phenoxy) is 1. The summed E-state index contributed by atoms with van der Waals surface area (Å²) < 4.78 is 5.54. The molecule has 1 saturated carbocycles. The molecule has 1 nitrogen and oxygen atoms in total. The van der Waals surface area contributed by atoms with E-state index in [2.05, 4.69) is 6.92 Å². The van der Waals surface area contributed by atoms with Crippen molar-refractivity contribution >= 4 is 0 Å². The molecule has 64 valence electrons. The number of hydrogen-bond acceptors (Lipinski definition) is 1. The first-order valence-electron chi connectivity index (χ1n) is 4.95. The zero-order valence-electron chi connectivity index (χ0n) is 7.38. The minimum absolute atomic E-state index is 0.824. The van der Waals surface area contributed by atoms with Crippen molar-refractivity contribution in [1.82, 2.24) is 0 Å². The Morgan fingerprint density at radius 3 is 3.00 bits per heavy atom. The SMILES string of the molecule is CC1COCCC2CCCC12. The molecule has 2 rings (SSSR count). The van der Waals surface area contributed by atoms with Crippen LogP contribution in [0.1, 0.15) is 32.6 Å². The average Bonchev–Trinajstić information content (AvgIpc) is 2.40. The molecule has 0 N–H and O–H groups in total. The van der Waals surface area contributed by atoms with Crippen LogP contribution in [0.25, 0.3) is 0 Å². The second-order valence-electron chi connectivity index (χ2n) is 4.20. The van der Waals surface area contributed by atoms with Crippen LogP contribution in [0.3, 0.4) is 0 Å². The van der Waals surface area contributed by atoms with Gasteiger partial charge in [0.2, 0.25) is 0 Å². The van der Waals surface area contributed by atoms with Gasteiger partial charge in [0.05, 0.1) is 0 Å². The molecule has 1 saturated heterocycles. The van der Waals surface area contributed by atoms with Crippen LogP contribution < -0.4 is 0 Å². The van der Waals surface area contributed by atoms with E-state index in [0.29, 0.717) is 0 Å². The average molecular weight is 154 g/mol. The molecule has 0 radical (unpaired) electrons. The van der Waals surface area contributed by atoms with E-state index >= 15 is 0 Å². The summed E-state index contributed by atoms with van der Waals surface area (Å²) in [5.74, 6) is 2.83. The molecule has 0 aromatic carbocycles. The standard InChI is InChI=1S/C10H18O/c1-8-7-11-6-5-9-3-2-4-10(8)9/h8-10H,2-7H2,1H3. The predicted molar refractivity (Wildman–Crippen MR) is 45.4 cm³/mol. The van der Waals surface area contributed by atoms with Crippen LogP contribution in [0, 0.1) is 17.8 Å². The molecule has 1 heterocycles. The van der Waals surface area contributed by atoms with E-state index in [1.807, 2.05) is 0 Å². The van der Waals surface area contributed by atoms with Crippen LogP contribution in [0.5, 0.6) is 0 Å². The van der Waals surface area contributed by atoms with E-state index in [4.69, 9.17) is 4.74 Å². The van der Waals surface area contributed by atoms with Crippen molar-refractivity contribution in [2.75, 3.05) is 13.2 Å². The Kier molecular flexibility index (Phi) is 2.17. The number of rotatable bonds is 0. The van der Waals surface area contributed by atoms with Crippen molar-refractivity contribution in [3.63, 3.8) is 0 Å². The smallest absolute Gasteiger partial charge is 0.0494 e. The lowest BCUT2D eigenvalue weighted by Gasteiger charge is -2.20. The zero-order chi connectivity index (χ0) is 7.68. The predicted octanol–water partition coefficient (Wildman–Crippen LogP) is 2.46. The molecule has 2 fully saturated rings. The van der Waals surface area contributed by atoms with Gasteiger partial charge in [-0.3, -0.25) is 0 Å². The van der Waals surface area contributed by atoms with Crippen LogP contribution >= 0.6 is 0 Å². The summed E-state index contributed by atoms with van der Waals surface area (Å²) >= 11 is 0. The van der Waals surface area contributed by atoms with E-state index in [-0.39, 0.29) is 0 Å². The highest BCUT2D eigenvalue weighted by Gasteiger charge is 2.32. The Labute approximate surface area is 69.1 Å². The molecule has 0 aromatic heterocycles. The maximum absolute atomic E-state index is 5.54. The van der Waals surface area contributed by atoms with Crippen LogP contribution in [0.15, 0.2) is 0 Å². The molecule has 1 aliphatic carbocycles. The molecule has 3 unspecified atom stereocenters. The van der Waals surface area contributed by atoms with Gasteiger partial charge in [0.1, 0.15) is 0 Å². The molecule has 1 aliphatic heterocycles. The summed E-state index contributed by atoms with van der Waals surface area (Å²) in [4.78, 5) is 0. The normalized spacial score (nSPS) is 45.0. The Hall–Kier alpha value is -0.0400. The number of fused-ring (bicyclic) bond motifs is 1. The van der Waals surface area contributed by atoms with Gasteiger partial charge in [-0.2, -0.15) is 0 Å².